The van der Waals surface area contributed by atoms with E-state index in [1.165, 1.54) is 6.92 Å². The summed E-state index contributed by atoms with van der Waals surface area (Å²) in [6, 6.07) is 14.1. The Morgan fingerprint density at radius 3 is 2.56 bits per heavy atom. The van der Waals surface area contributed by atoms with E-state index >= 15 is 0 Å². The van der Waals surface area contributed by atoms with E-state index in [2.05, 4.69) is 20.5 Å². The Labute approximate surface area is 143 Å². The molecule has 7 heteroatoms. The number of nitrogens with zero attached hydrogens (tertiary/aromatic N) is 2. The first-order valence-electron chi connectivity index (χ1n) is 7.63. The van der Waals surface area contributed by atoms with E-state index in [0.29, 0.717) is 11.1 Å². The lowest BCUT2D eigenvalue weighted by atomic mass is 10.1. The first-order chi connectivity index (χ1) is 12.0. The third kappa shape index (κ3) is 3.89. The van der Waals surface area contributed by atoms with Gasteiger partial charge in [-0.2, -0.15) is 0 Å². The zero-order valence-electron chi connectivity index (χ0n) is 13.5. The molecule has 126 valence electrons. The van der Waals surface area contributed by atoms with Crippen molar-refractivity contribution in [2.24, 2.45) is 10.2 Å². The van der Waals surface area contributed by atoms with E-state index in [-0.39, 0.29) is 23.9 Å². The minimum atomic E-state index is -0.433. The number of fused-ring (bicyclic) bond motifs is 1. The first kappa shape index (κ1) is 16.4. The van der Waals surface area contributed by atoms with Gasteiger partial charge < -0.3 is 15.4 Å². The molecule has 0 fully saturated rings. The number of aromatic hydroxyl groups is 1. The highest BCUT2D eigenvalue weighted by Crippen LogP contribution is 2.35. The lowest BCUT2D eigenvalue weighted by molar-refractivity contribution is -0.117. The van der Waals surface area contributed by atoms with E-state index in [0.717, 1.165) is 11.1 Å². The third-order valence-electron chi connectivity index (χ3n) is 3.55. The van der Waals surface area contributed by atoms with Crippen LogP contribution >= 0.6 is 0 Å². The van der Waals surface area contributed by atoms with Crippen LogP contribution in [0.4, 0.5) is 11.4 Å². The second kappa shape index (κ2) is 6.96. The zero-order chi connectivity index (χ0) is 17.8. The molecular formula is C18H16N4O3. The fourth-order valence-electron chi connectivity index (χ4n) is 2.44. The summed E-state index contributed by atoms with van der Waals surface area (Å²) in [6.45, 7) is 1.43. The number of nitrogens with one attached hydrogen (secondary N) is 2. The molecule has 0 radical (unpaired) electrons. The van der Waals surface area contributed by atoms with E-state index in [9.17, 15) is 14.7 Å². The average molecular weight is 336 g/mol. The highest BCUT2D eigenvalue weighted by atomic mass is 16.3. The number of benzene rings is 2. The summed E-state index contributed by atoms with van der Waals surface area (Å²) < 4.78 is 0. The summed E-state index contributed by atoms with van der Waals surface area (Å²) in [7, 11) is 0. The Morgan fingerprint density at radius 1 is 1.12 bits per heavy atom. The molecule has 0 bridgehead atoms. The minimum Gasteiger partial charge on any atom is -0.493 e. The first-order valence-corrected chi connectivity index (χ1v) is 7.63. The van der Waals surface area contributed by atoms with E-state index in [1.54, 1.807) is 36.4 Å². The van der Waals surface area contributed by atoms with Gasteiger partial charge in [-0.05, 0) is 23.8 Å². The van der Waals surface area contributed by atoms with Gasteiger partial charge in [0, 0.05) is 18.0 Å². The molecule has 7 nitrogen and oxygen atoms in total. The Morgan fingerprint density at radius 2 is 1.84 bits per heavy atom. The number of azo groups is 1. The van der Waals surface area contributed by atoms with E-state index in [4.69, 9.17) is 0 Å². The van der Waals surface area contributed by atoms with Crippen molar-refractivity contribution in [1.29, 1.82) is 0 Å². The zero-order valence-corrected chi connectivity index (χ0v) is 13.5. The molecule has 3 N–H and O–H groups in total. The van der Waals surface area contributed by atoms with Gasteiger partial charge >= 0.3 is 0 Å². The lowest BCUT2D eigenvalue weighted by Gasteiger charge is -2.02. The molecule has 0 saturated carbocycles. The van der Waals surface area contributed by atoms with Gasteiger partial charge in [0.15, 0.2) is 5.69 Å². The predicted molar refractivity (Wildman–Crippen MR) is 93.9 cm³/mol. The molecule has 0 spiro atoms. The largest absolute Gasteiger partial charge is 0.493 e. The van der Waals surface area contributed by atoms with Crippen molar-refractivity contribution in [2.45, 2.75) is 13.3 Å². The number of anilines is 1. The second-order valence-corrected chi connectivity index (χ2v) is 5.52. The van der Waals surface area contributed by atoms with Crippen LogP contribution < -0.4 is 5.32 Å². The van der Waals surface area contributed by atoms with Gasteiger partial charge in [0.2, 0.25) is 11.8 Å². The third-order valence-corrected chi connectivity index (χ3v) is 3.55. The summed E-state index contributed by atoms with van der Waals surface area (Å²) >= 11 is 0. The minimum absolute atomic E-state index is 0.0764. The summed E-state index contributed by atoms with van der Waals surface area (Å²) in [6.07, 6.45) is 0.0764. The topological polar surface area (TPSA) is 107 Å². The van der Waals surface area contributed by atoms with Crippen LogP contribution in [-0.2, 0) is 16.0 Å². The number of H-pyrrole nitrogens is 1. The molecule has 0 saturated heterocycles. The highest BCUT2D eigenvalue weighted by Gasteiger charge is 2.10. The SMILES string of the molecule is CC(=O)Nc1ccc(CC(=O)N=Nc2c(O)[nH]c3ccccc23)cc1. The normalized spacial score (nSPS) is 11.1. The number of aromatic nitrogens is 1. The highest BCUT2D eigenvalue weighted by molar-refractivity contribution is 5.94. The summed E-state index contributed by atoms with van der Waals surface area (Å²) in [5.41, 5.74) is 2.37. The fraction of sp³-hybridized carbons (Fsp3) is 0.111. The molecule has 2 amide bonds. The predicted octanol–water partition coefficient (Wildman–Crippen LogP) is 3.68. The number of para-hydroxylation sites is 1. The van der Waals surface area contributed by atoms with Crippen molar-refractivity contribution < 1.29 is 14.7 Å². The van der Waals surface area contributed by atoms with Gasteiger partial charge in [0.05, 0.1) is 11.9 Å². The second-order valence-electron chi connectivity index (χ2n) is 5.52. The quantitative estimate of drug-likeness (QED) is 0.632. The fourth-order valence-corrected chi connectivity index (χ4v) is 2.44. The monoisotopic (exact) mass is 336 g/mol. The number of aromatic amines is 1. The maximum Gasteiger partial charge on any atom is 0.269 e. The van der Waals surface area contributed by atoms with Crippen molar-refractivity contribution in [2.75, 3.05) is 5.32 Å². The van der Waals surface area contributed by atoms with Crippen molar-refractivity contribution in [3.05, 3.63) is 54.1 Å². The number of hydrogen-bond donors (Lipinski definition) is 3. The van der Waals surface area contributed by atoms with Gasteiger partial charge in [-0.25, -0.2) is 0 Å². The maximum absolute atomic E-state index is 12.0. The number of carbonyl (C=O) groups is 2. The molecule has 0 aliphatic carbocycles. The van der Waals surface area contributed by atoms with Crippen molar-refractivity contribution in [3.8, 4) is 5.88 Å². The Balaban J connectivity index is 1.70. The van der Waals surface area contributed by atoms with Crippen LogP contribution in [0.25, 0.3) is 10.9 Å². The summed E-state index contributed by atoms with van der Waals surface area (Å²) in [5.74, 6) is -0.717. The van der Waals surface area contributed by atoms with Gasteiger partial charge in [-0.15, -0.1) is 10.2 Å². The van der Waals surface area contributed by atoms with Gasteiger partial charge in [0.25, 0.3) is 5.91 Å². The van der Waals surface area contributed by atoms with Crippen LogP contribution in [0.3, 0.4) is 0 Å². The number of amides is 2. The molecule has 25 heavy (non-hydrogen) atoms. The number of rotatable bonds is 4. The van der Waals surface area contributed by atoms with Crippen LogP contribution in [0.1, 0.15) is 12.5 Å². The van der Waals surface area contributed by atoms with Crippen molar-refractivity contribution >= 4 is 34.1 Å². The van der Waals surface area contributed by atoms with Crippen molar-refractivity contribution in [3.63, 3.8) is 0 Å². The molecule has 0 unspecified atom stereocenters. The molecule has 0 atom stereocenters. The molecule has 1 aromatic heterocycles. The van der Waals surface area contributed by atoms with E-state index < -0.39 is 5.91 Å². The molecule has 3 rings (SSSR count). The van der Waals surface area contributed by atoms with Crippen LogP contribution in [0.5, 0.6) is 5.88 Å². The Kier molecular flexibility index (Phi) is 4.56. The average Bonchev–Trinajstić information content (AvgIpc) is 2.89. The van der Waals surface area contributed by atoms with Gasteiger partial charge in [0.1, 0.15) is 0 Å². The molecule has 0 aliphatic rings. The maximum atomic E-state index is 12.0. The van der Waals surface area contributed by atoms with Crippen LogP contribution in [0, 0.1) is 0 Å². The van der Waals surface area contributed by atoms with Crippen LogP contribution in [0.2, 0.25) is 0 Å². The lowest BCUT2D eigenvalue weighted by Crippen LogP contribution is -2.05. The molecule has 1 heterocycles. The molecule has 2 aromatic carbocycles. The summed E-state index contributed by atoms with van der Waals surface area (Å²) in [5, 5.41) is 20.8. The summed E-state index contributed by atoms with van der Waals surface area (Å²) in [4.78, 5) is 25.8. The Hall–Kier alpha value is -3.48. The molecule has 0 aliphatic heterocycles. The number of hydrogen-bond acceptors (Lipinski definition) is 4. The molecular weight excluding hydrogens is 320 g/mol. The molecule has 3 aromatic rings. The van der Waals surface area contributed by atoms with Gasteiger partial charge in [-0.3, -0.25) is 9.59 Å². The number of carbonyl (C=O) groups excluding carboxylic acids is 2. The van der Waals surface area contributed by atoms with Crippen molar-refractivity contribution in [1.82, 2.24) is 4.98 Å². The van der Waals surface area contributed by atoms with Crippen LogP contribution in [0.15, 0.2) is 58.8 Å². The standard InChI is InChI=1S/C18H16N4O3/c1-11(23)19-13-8-6-12(7-9-13)10-16(24)21-22-17-14-4-2-3-5-15(14)20-18(17)25/h2-9,20,25H,10H2,1H3,(H,19,23). The van der Waals surface area contributed by atoms with Crippen LogP contribution in [-0.4, -0.2) is 21.9 Å². The Bertz CT molecular complexity index is 958. The van der Waals surface area contributed by atoms with E-state index in [1.807, 2.05) is 12.1 Å². The smallest absolute Gasteiger partial charge is 0.269 e. The van der Waals surface area contributed by atoms with Gasteiger partial charge in [-0.1, -0.05) is 30.3 Å².